The third-order valence-electron chi connectivity index (χ3n) is 4.13. The van der Waals surface area contributed by atoms with Gasteiger partial charge in [0.05, 0.1) is 11.4 Å². The first-order chi connectivity index (χ1) is 12.2. The first-order valence-corrected chi connectivity index (χ1v) is 9.37. The third-order valence-corrected chi connectivity index (χ3v) is 5.25. The SMILES string of the molecule is O=C(CSc1nc(=S)n(-c2ccccc2)[nH]1)N1CCc2ccccc21. The predicted molar refractivity (Wildman–Crippen MR) is 102 cm³/mol. The highest BCUT2D eigenvalue weighted by Crippen LogP contribution is 2.28. The third kappa shape index (κ3) is 3.25. The zero-order valence-electron chi connectivity index (χ0n) is 13.4. The maximum atomic E-state index is 12.6. The molecule has 4 rings (SSSR count). The molecule has 0 unspecified atom stereocenters. The van der Waals surface area contributed by atoms with E-state index >= 15 is 0 Å². The highest BCUT2D eigenvalue weighted by Gasteiger charge is 2.24. The van der Waals surface area contributed by atoms with Gasteiger partial charge >= 0.3 is 0 Å². The molecule has 1 aromatic heterocycles. The Labute approximate surface area is 154 Å². The van der Waals surface area contributed by atoms with E-state index in [4.69, 9.17) is 12.2 Å². The van der Waals surface area contributed by atoms with E-state index in [9.17, 15) is 4.79 Å². The van der Waals surface area contributed by atoms with E-state index in [-0.39, 0.29) is 5.91 Å². The first kappa shape index (κ1) is 16.1. The van der Waals surface area contributed by atoms with Crippen molar-refractivity contribution < 1.29 is 4.79 Å². The summed E-state index contributed by atoms with van der Waals surface area (Å²) in [4.78, 5) is 18.8. The summed E-state index contributed by atoms with van der Waals surface area (Å²) >= 11 is 6.68. The minimum Gasteiger partial charge on any atom is -0.311 e. The fourth-order valence-electron chi connectivity index (χ4n) is 2.93. The minimum absolute atomic E-state index is 0.0866. The van der Waals surface area contributed by atoms with E-state index in [0.29, 0.717) is 15.7 Å². The van der Waals surface area contributed by atoms with Gasteiger partial charge in [-0.25, -0.2) is 4.68 Å². The van der Waals surface area contributed by atoms with Crippen LogP contribution in [0.3, 0.4) is 0 Å². The number of H-pyrrole nitrogens is 1. The van der Waals surface area contributed by atoms with Gasteiger partial charge in [-0.15, -0.1) is 0 Å². The number of para-hydroxylation sites is 2. The number of aromatic nitrogens is 3. The van der Waals surface area contributed by atoms with Gasteiger partial charge in [-0.2, -0.15) is 4.98 Å². The largest absolute Gasteiger partial charge is 0.311 e. The Kier molecular flexibility index (Phi) is 4.42. The van der Waals surface area contributed by atoms with Crippen LogP contribution in [0.4, 0.5) is 5.69 Å². The fraction of sp³-hybridized carbons (Fsp3) is 0.167. The lowest BCUT2D eigenvalue weighted by atomic mass is 10.2. The molecule has 1 N–H and O–H groups in total. The zero-order valence-corrected chi connectivity index (χ0v) is 15.0. The van der Waals surface area contributed by atoms with Crippen molar-refractivity contribution in [1.29, 1.82) is 0 Å². The van der Waals surface area contributed by atoms with Crippen LogP contribution in [-0.2, 0) is 11.2 Å². The smallest absolute Gasteiger partial charge is 0.237 e. The van der Waals surface area contributed by atoms with Crippen molar-refractivity contribution in [2.75, 3.05) is 17.2 Å². The van der Waals surface area contributed by atoms with E-state index in [1.54, 1.807) is 4.68 Å². The Bertz CT molecular complexity index is 964. The van der Waals surface area contributed by atoms with Gasteiger partial charge in [0.1, 0.15) is 0 Å². The van der Waals surface area contributed by atoms with Crippen molar-refractivity contribution >= 4 is 35.6 Å². The van der Waals surface area contributed by atoms with Crippen LogP contribution in [0.2, 0.25) is 0 Å². The van der Waals surface area contributed by atoms with Crippen LogP contribution in [0, 0.1) is 4.77 Å². The Morgan fingerprint density at radius 2 is 1.92 bits per heavy atom. The van der Waals surface area contributed by atoms with Crippen molar-refractivity contribution in [2.24, 2.45) is 0 Å². The number of rotatable bonds is 4. The maximum Gasteiger partial charge on any atom is 0.237 e. The minimum atomic E-state index is 0.0866. The summed E-state index contributed by atoms with van der Waals surface area (Å²) < 4.78 is 2.19. The summed E-state index contributed by atoms with van der Waals surface area (Å²) in [5, 5.41) is 3.80. The van der Waals surface area contributed by atoms with Crippen molar-refractivity contribution in [3.05, 3.63) is 64.9 Å². The molecular formula is C18H16N4OS2. The Morgan fingerprint density at radius 3 is 2.76 bits per heavy atom. The molecule has 0 saturated carbocycles. The molecule has 0 radical (unpaired) electrons. The Balaban J connectivity index is 1.46. The second-order valence-electron chi connectivity index (χ2n) is 5.70. The molecule has 1 aliphatic rings. The van der Waals surface area contributed by atoms with E-state index < -0.39 is 0 Å². The number of hydrogen-bond acceptors (Lipinski definition) is 4. The van der Waals surface area contributed by atoms with Crippen LogP contribution in [0.15, 0.2) is 59.8 Å². The number of thioether (sulfide) groups is 1. The van der Waals surface area contributed by atoms with E-state index in [1.807, 2.05) is 53.4 Å². The van der Waals surface area contributed by atoms with Crippen molar-refractivity contribution in [3.63, 3.8) is 0 Å². The second kappa shape index (κ2) is 6.85. The number of carbonyl (C=O) groups is 1. The lowest BCUT2D eigenvalue weighted by molar-refractivity contribution is -0.116. The van der Waals surface area contributed by atoms with Gasteiger partial charge in [0.15, 0.2) is 5.16 Å². The fourth-order valence-corrected chi connectivity index (χ4v) is 3.95. The number of fused-ring (bicyclic) bond motifs is 1. The number of aromatic amines is 1. The van der Waals surface area contributed by atoms with Gasteiger partial charge in [-0.1, -0.05) is 48.2 Å². The molecule has 0 saturated heterocycles. The number of carbonyl (C=O) groups excluding carboxylic acids is 1. The van der Waals surface area contributed by atoms with Gasteiger partial charge in [0.2, 0.25) is 10.7 Å². The molecule has 126 valence electrons. The zero-order chi connectivity index (χ0) is 17.2. The van der Waals surface area contributed by atoms with Crippen molar-refractivity contribution in [3.8, 4) is 5.69 Å². The first-order valence-electron chi connectivity index (χ1n) is 7.98. The molecule has 0 fully saturated rings. The molecule has 0 atom stereocenters. The molecule has 25 heavy (non-hydrogen) atoms. The van der Waals surface area contributed by atoms with Crippen molar-refractivity contribution in [1.82, 2.24) is 14.8 Å². The normalized spacial score (nSPS) is 13.0. The highest BCUT2D eigenvalue weighted by molar-refractivity contribution is 7.99. The van der Waals surface area contributed by atoms with Gasteiger partial charge in [-0.3, -0.25) is 9.89 Å². The number of anilines is 1. The summed E-state index contributed by atoms with van der Waals surface area (Å²) in [6.07, 6.45) is 0.914. The van der Waals surface area contributed by atoms with Gasteiger partial charge < -0.3 is 4.90 Å². The van der Waals surface area contributed by atoms with Gasteiger partial charge in [0, 0.05) is 12.2 Å². The average molecular weight is 368 g/mol. The van der Waals surface area contributed by atoms with Crippen LogP contribution in [-0.4, -0.2) is 33.0 Å². The molecule has 3 aromatic rings. The lowest BCUT2D eigenvalue weighted by Gasteiger charge is -2.16. The highest BCUT2D eigenvalue weighted by atomic mass is 32.2. The standard InChI is InChI=1S/C18H16N4OS2/c23-16(21-11-10-13-6-4-5-9-15(13)21)12-25-17-19-18(24)22(20-17)14-7-2-1-3-8-14/h1-9H,10-12H2,(H,19,20,24). The summed E-state index contributed by atoms with van der Waals surface area (Å²) in [5.41, 5.74) is 3.18. The van der Waals surface area contributed by atoms with Crippen LogP contribution >= 0.6 is 24.0 Å². The average Bonchev–Trinajstić information content (AvgIpc) is 3.24. The Hall–Kier alpha value is -2.38. The lowest BCUT2D eigenvalue weighted by Crippen LogP contribution is -2.30. The second-order valence-corrected chi connectivity index (χ2v) is 7.02. The van der Waals surface area contributed by atoms with E-state index in [2.05, 4.69) is 16.1 Å². The molecule has 7 heteroatoms. The number of hydrogen-bond donors (Lipinski definition) is 1. The number of nitrogens with one attached hydrogen (secondary N) is 1. The number of benzene rings is 2. The summed E-state index contributed by atoms with van der Waals surface area (Å²) in [7, 11) is 0. The molecule has 0 bridgehead atoms. The molecule has 0 spiro atoms. The van der Waals surface area contributed by atoms with Gasteiger partial charge in [0.25, 0.3) is 0 Å². The predicted octanol–water partition coefficient (Wildman–Crippen LogP) is 3.61. The number of nitrogens with zero attached hydrogens (tertiary/aromatic N) is 3. The quantitative estimate of drug-likeness (QED) is 0.565. The van der Waals surface area contributed by atoms with E-state index in [1.165, 1.54) is 17.3 Å². The van der Waals surface area contributed by atoms with Gasteiger partial charge in [-0.05, 0) is 42.4 Å². The van der Waals surface area contributed by atoms with Crippen LogP contribution in [0.25, 0.3) is 5.69 Å². The van der Waals surface area contributed by atoms with Crippen LogP contribution in [0.1, 0.15) is 5.56 Å². The molecule has 0 aliphatic carbocycles. The van der Waals surface area contributed by atoms with Crippen LogP contribution < -0.4 is 4.90 Å². The molecule has 2 aromatic carbocycles. The molecule has 1 aliphatic heterocycles. The summed E-state index contributed by atoms with van der Waals surface area (Å²) in [5.74, 6) is 0.411. The number of amides is 1. The molecule has 1 amide bonds. The summed E-state index contributed by atoms with van der Waals surface area (Å²) in [6.45, 7) is 0.743. The topological polar surface area (TPSA) is 53.9 Å². The van der Waals surface area contributed by atoms with Crippen LogP contribution in [0.5, 0.6) is 0 Å². The molecular weight excluding hydrogens is 352 g/mol. The molecule has 2 heterocycles. The summed E-state index contributed by atoms with van der Waals surface area (Å²) in [6, 6.07) is 17.8. The van der Waals surface area contributed by atoms with Crippen molar-refractivity contribution in [2.45, 2.75) is 11.6 Å². The maximum absolute atomic E-state index is 12.6. The van der Waals surface area contributed by atoms with E-state index in [0.717, 1.165) is 24.3 Å². The Morgan fingerprint density at radius 1 is 1.16 bits per heavy atom. The monoisotopic (exact) mass is 368 g/mol. The molecule has 5 nitrogen and oxygen atoms in total.